The van der Waals surface area contributed by atoms with Crippen molar-refractivity contribution in [3.05, 3.63) is 41.6 Å². The minimum Gasteiger partial charge on any atom is -0.493 e. The lowest BCUT2D eigenvalue weighted by Gasteiger charge is -2.26. The number of nitrogens with zero attached hydrogens (tertiary/aromatic N) is 1. The molecule has 112 valence electrons. The molecule has 0 fully saturated rings. The lowest BCUT2D eigenvalue weighted by atomic mass is 10.0. The molecule has 0 saturated heterocycles. The molecule has 1 aliphatic heterocycles. The first kappa shape index (κ1) is 14.1. The monoisotopic (exact) mass is 309 g/mol. The Balaban J connectivity index is 1.91. The van der Waals surface area contributed by atoms with Gasteiger partial charge in [-0.2, -0.15) is 5.10 Å². The number of para-hydroxylation sites is 1. The van der Waals surface area contributed by atoms with E-state index >= 15 is 0 Å². The Morgan fingerprint density at radius 2 is 2.24 bits per heavy atom. The molecule has 0 aliphatic carbocycles. The Labute approximate surface area is 122 Å². The number of aromatic amines is 1. The van der Waals surface area contributed by atoms with Crippen LogP contribution in [-0.2, 0) is 16.6 Å². The fourth-order valence-electron chi connectivity index (χ4n) is 2.36. The molecule has 1 unspecified atom stereocenters. The van der Waals surface area contributed by atoms with Crippen LogP contribution in [0.3, 0.4) is 0 Å². The van der Waals surface area contributed by atoms with Crippen molar-refractivity contribution in [2.24, 2.45) is 0 Å². The molecule has 1 aromatic heterocycles. The molecule has 2 heterocycles. The first-order valence-corrected chi connectivity index (χ1v) is 7.97. The molecule has 1 aliphatic rings. The number of aliphatic hydroxyl groups excluding tert-OH is 1. The quantitative estimate of drug-likeness (QED) is 0.771. The molecule has 0 bridgehead atoms. The summed E-state index contributed by atoms with van der Waals surface area (Å²) in [5.74, 6) is 0.684. The van der Waals surface area contributed by atoms with Gasteiger partial charge in [-0.3, -0.25) is 5.10 Å². The van der Waals surface area contributed by atoms with Crippen molar-refractivity contribution in [1.82, 2.24) is 14.9 Å². The first-order chi connectivity index (χ1) is 10.1. The summed E-state index contributed by atoms with van der Waals surface area (Å²) >= 11 is 0. The third-order valence-corrected chi connectivity index (χ3v) is 4.86. The second-order valence-corrected chi connectivity index (χ2v) is 6.38. The summed E-state index contributed by atoms with van der Waals surface area (Å²) in [4.78, 5) is 0. The van der Waals surface area contributed by atoms with Crippen molar-refractivity contribution in [3.63, 3.8) is 0 Å². The van der Waals surface area contributed by atoms with Crippen LogP contribution in [0.5, 0.6) is 5.75 Å². The van der Waals surface area contributed by atoms with Gasteiger partial charge in [0.25, 0.3) is 10.0 Å². The van der Waals surface area contributed by atoms with Gasteiger partial charge >= 0.3 is 0 Å². The third kappa shape index (κ3) is 2.65. The van der Waals surface area contributed by atoms with Gasteiger partial charge in [0.05, 0.1) is 25.5 Å². The van der Waals surface area contributed by atoms with Crippen LogP contribution < -0.4 is 9.46 Å². The molecule has 0 radical (unpaired) electrons. The maximum absolute atomic E-state index is 12.4. The van der Waals surface area contributed by atoms with Gasteiger partial charge in [0.15, 0.2) is 5.03 Å². The number of aromatic nitrogens is 2. The maximum atomic E-state index is 12.4. The summed E-state index contributed by atoms with van der Waals surface area (Å²) < 4.78 is 33.0. The van der Waals surface area contributed by atoms with Gasteiger partial charge in [-0.15, -0.1) is 0 Å². The molecule has 3 rings (SSSR count). The van der Waals surface area contributed by atoms with Crippen LogP contribution in [0.2, 0.25) is 0 Å². The molecule has 21 heavy (non-hydrogen) atoms. The summed E-state index contributed by atoms with van der Waals surface area (Å²) in [7, 11) is -3.79. The van der Waals surface area contributed by atoms with Gasteiger partial charge in [0.1, 0.15) is 5.75 Å². The zero-order valence-electron chi connectivity index (χ0n) is 11.1. The number of aliphatic hydroxyl groups is 1. The van der Waals surface area contributed by atoms with Crippen LogP contribution in [0.25, 0.3) is 0 Å². The van der Waals surface area contributed by atoms with E-state index in [-0.39, 0.29) is 16.6 Å². The summed E-state index contributed by atoms with van der Waals surface area (Å²) in [6.45, 7) is 0.0527. The van der Waals surface area contributed by atoms with Crippen molar-refractivity contribution < 1.29 is 18.3 Å². The van der Waals surface area contributed by atoms with Crippen molar-refractivity contribution in [2.75, 3.05) is 6.61 Å². The van der Waals surface area contributed by atoms with Crippen LogP contribution in [0.15, 0.2) is 35.5 Å². The predicted molar refractivity (Wildman–Crippen MR) is 74.1 cm³/mol. The third-order valence-electron chi connectivity index (χ3n) is 3.37. The van der Waals surface area contributed by atoms with E-state index in [1.165, 1.54) is 6.20 Å². The molecule has 7 nitrogen and oxygen atoms in total. The molecular weight excluding hydrogens is 294 g/mol. The number of benzene rings is 1. The Bertz CT molecular complexity index is 741. The van der Waals surface area contributed by atoms with Crippen LogP contribution in [0, 0.1) is 0 Å². The largest absolute Gasteiger partial charge is 0.493 e. The van der Waals surface area contributed by atoms with E-state index in [4.69, 9.17) is 9.84 Å². The standard InChI is InChI=1S/C13H15N3O4S/c17-8-9-7-14-15-13(9)21(18,19)16-11-5-6-20-12-4-2-1-3-10(11)12/h1-4,7,11,16-17H,5-6,8H2,(H,14,15). The number of rotatable bonds is 4. The molecule has 0 amide bonds. The molecule has 8 heteroatoms. The van der Waals surface area contributed by atoms with E-state index in [0.717, 1.165) is 5.56 Å². The lowest BCUT2D eigenvalue weighted by molar-refractivity contribution is 0.262. The molecular formula is C13H15N3O4S. The van der Waals surface area contributed by atoms with Crippen molar-refractivity contribution in [1.29, 1.82) is 0 Å². The number of nitrogens with one attached hydrogen (secondary N) is 2. The van der Waals surface area contributed by atoms with E-state index in [9.17, 15) is 8.42 Å². The minimum atomic E-state index is -3.79. The zero-order chi connectivity index (χ0) is 14.9. The van der Waals surface area contributed by atoms with E-state index in [2.05, 4.69) is 14.9 Å². The molecule has 1 aromatic carbocycles. The lowest BCUT2D eigenvalue weighted by Crippen LogP contribution is -2.32. The second-order valence-electron chi connectivity index (χ2n) is 4.73. The van der Waals surface area contributed by atoms with Crippen molar-refractivity contribution in [2.45, 2.75) is 24.1 Å². The van der Waals surface area contributed by atoms with Gasteiger partial charge in [0, 0.05) is 17.5 Å². The van der Waals surface area contributed by atoms with Gasteiger partial charge < -0.3 is 9.84 Å². The summed E-state index contributed by atoms with van der Waals surface area (Å²) in [6, 6.07) is 6.96. The fourth-order valence-corrected chi connectivity index (χ4v) is 3.73. The highest BCUT2D eigenvalue weighted by Gasteiger charge is 2.28. The first-order valence-electron chi connectivity index (χ1n) is 6.49. The van der Waals surface area contributed by atoms with E-state index in [0.29, 0.717) is 18.8 Å². The Hall–Kier alpha value is -1.90. The van der Waals surface area contributed by atoms with Gasteiger partial charge in [-0.05, 0) is 6.07 Å². The molecule has 3 N–H and O–H groups in total. The second kappa shape index (κ2) is 5.47. The van der Waals surface area contributed by atoms with Crippen LogP contribution in [0.4, 0.5) is 0 Å². The smallest absolute Gasteiger partial charge is 0.258 e. The maximum Gasteiger partial charge on any atom is 0.258 e. The van der Waals surface area contributed by atoms with Crippen molar-refractivity contribution >= 4 is 10.0 Å². The Morgan fingerprint density at radius 3 is 3.05 bits per heavy atom. The SMILES string of the molecule is O=S(=O)(NC1CCOc2ccccc21)c1[nH]ncc1CO. The predicted octanol–water partition coefficient (Wildman–Crippen LogP) is 0.704. The highest BCUT2D eigenvalue weighted by molar-refractivity contribution is 7.89. The van der Waals surface area contributed by atoms with Crippen LogP contribution >= 0.6 is 0 Å². The van der Waals surface area contributed by atoms with Gasteiger partial charge in [0.2, 0.25) is 0 Å². The van der Waals surface area contributed by atoms with Gasteiger partial charge in [-0.25, -0.2) is 13.1 Å². The number of ether oxygens (including phenoxy) is 1. The number of fused-ring (bicyclic) bond motifs is 1. The van der Waals surface area contributed by atoms with Gasteiger partial charge in [-0.1, -0.05) is 18.2 Å². The highest BCUT2D eigenvalue weighted by atomic mass is 32.2. The van der Waals surface area contributed by atoms with E-state index in [1.54, 1.807) is 0 Å². The molecule has 2 aromatic rings. The number of hydrogen-bond acceptors (Lipinski definition) is 5. The van der Waals surface area contributed by atoms with Crippen LogP contribution in [0.1, 0.15) is 23.6 Å². The molecule has 0 saturated carbocycles. The van der Waals surface area contributed by atoms with E-state index < -0.39 is 16.6 Å². The van der Waals surface area contributed by atoms with Crippen LogP contribution in [-0.4, -0.2) is 30.3 Å². The number of hydrogen-bond donors (Lipinski definition) is 3. The van der Waals surface area contributed by atoms with Crippen molar-refractivity contribution in [3.8, 4) is 5.75 Å². The zero-order valence-corrected chi connectivity index (χ0v) is 11.9. The Morgan fingerprint density at radius 1 is 1.43 bits per heavy atom. The van der Waals surface area contributed by atoms with E-state index in [1.807, 2.05) is 24.3 Å². The summed E-state index contributed by atoms with van der Waals surface area (Å²) in [6.07, 6.45) is 1.84. The molecule has 1 atom stereocenters. The fraction of sp³-hybridized carbons (Fsp3) is 0.308. The number of H-pyrrole nitrogens is 1. The Kier molecular flexibility index (Phi) is 3.66. The highest BCUT2D eigenvalue weighted by Crippen LogP contribution is 2.32. The topological polar surface area (TPSA) is 104 Å². The summed E-state index contributed by atoms with van der Waals surface area (Å²) in [5.41, 5.74) is 1.04. The number of sulfonamides is 1. The normalized spacial score (nSPS) is 18.0. The summed E-state index contributed by atoms with van der Waals surface area (Å²) in [5, 5.41) is 15.1. The average Bonchev–Trinajstić information content (AvgIpc) is 2.97. The average molecular weight is 309 g/mol. The molecule has 0 spiro atoms. The minimum absolute atomic E-state index is 0.103.